The van der Waals surface area contributed by atoms with E-state index in [2.05, 4.69) is 24.4 Å². The van der Waals surface area contributed by atoms with E-state index >= 15 is 0 Å². The summed E-state index contributed by atoms with van der Waals surface area (Å²) in [6.45, 7) is 2.72. The number of hydrogen-bond donors (Lipinski definition) is 2. The first kappa shape index (κ1) is 17.2. The smallest absolute Gasteiger partial charge is 0.303 e. The summed E-state index contributed by atoms with van der Waals surface area (Å²) < 4.78 is 0. The van der Waals surface area contributed by atoms with Gasteiger partial charge in [-0.1, -0.05) is 43.7 Å². The number of aliphatic carboxylic acids is 1. The van der Waals surface area contributed by atoms with Crippen LogP contribution in [-0.2, 0) is 9.59 Å². The number of nitrogens with one attached hydrogen (secondary N) is 1. The second-order valence-corrected chi connectivity index (χ2v) is 5.27. The van der Waals surface area contributed by atoms with E-state index in [4.69, 9.17) is 5.11 Å². The van der Waals surface area contributed by atoms with Crippen LogP contribution in [0.2, 0.25) is 0 Å². The van der Waals surface area contributed by atoms with Crippen LogP contribution in [0.15, 0.2) is 30.3 Å². The summed E-state index contributed by atoms with van der Waals surface area (Å²) in [6, 6.07) is 10.1. The van der Waals surface area contributed by atoms with E-state index in [1.54, 1.807) is 0 Å². The van der Waals surface area contributed by atoms with Crippen LogP contribution in [0.4, 0.5) is 0 Å². The lowest BCUT2D eigenvalue weighted by atomic mass is 9.93. The van der Waals surface area contributed by atoms with Crippen LogP contribution < -0.4 is 5.32 Å². The molecule has 4 heteroatoms. The van der Waals surface area contributed by atoms with Gasteiger partial charge in [-0.2, -0.15) is 0 Å². The van der Waals surface area contributed by atoms with E-state index in [1.165, 1.54) is 5.56 Å². The van der Waals surface area contributed by atoms with Gasteiger partial charge in [0.2, 0.25) is 5.91 Å². The third kappa shape index (κ3) is 7.49. The highest BCUT2D eigenvalue weighted by Gasteiger charge is 2.13. The molecule has 2 N–H and O–H groups in total. The number of rotatable bonds is 10. The molecule has 0 aliphatic carbocycles. The highest BCUT2D eigenvalue weighted by molar-refractivity contribution is 5.76. The van der Waals surface area contributed by atoms with Crippen molar-refractivity contribution in [1.82, 2.24) is 5.32 Å². The fourth-order valence-electron chi connectivity index (χ4n) is 2.32. The monoisotopic (exact) mass is 291 g/mol. The van der Waals surface area contributed by atoms with Gasteiger partial charge in [-0.15, -0.1) is 0 Å². The van der Waals surface area contributed by atoms with Crippen LogP contribution in [0.3, 0.4) is 0 Å². The summed E-state index contributed by atoms with van der Waals surface area (Å²) in [4.78, 5) is 22.3. The van der Waals surface area contributed by atoms with E-state index in [1.807, 2.05) is 18.2 Å². The van der Waals surface area contributed by atoms with E-state index in [0.717, 1.165) is 19.3 Å². The number of hydrogen-bond acceptors (Lipinski definition) is 2. The summed E-state index contributed by atoms with van der Waals surface area (Å²) in [5.41, 5.74) is 1.21. The third-order valence-electron chi connectivity index (χ3n) is 3.59. The molecule has 0 saturated carbocycles. The number of unbranched alkanes of at least 4 members (excludes halogenated alkanes) is 2. The molecule has 1 aromatic carbocycles. The molecule has 1 unspecified atom stereocenters. The van der Waals surface area contributed by atoms with Crippen molar-refractivity contribution in [2.75, 3.05) is 6.54 Å². The third-order valence-corrected chi connectivity index (χ3v) is 3.59. The first-order valence-corrected chi connectivity index (χ1v) is 7.67. The lowest BCUT2D eigenvalue weighted by Crippen LogP contribution is -2.26. The van der Waals surface area contributed by atoms with Gasteiger partial charge in [0.25, 0.3) is 0 Å². The molecular weight excluding hydrogens is 266 g/mol. The summed E-state index contributed by atoms with van der Waals surface area (Å²) in [7, 11) is 0. The Morgan fingerprint density at radius 3 is 2.48 bits per heavy atom. The maximum Gasteiger partial charge on any atom is 0.303 e. The Hall–Kier alpha value is -1.84. The SMILES string of the molecule is CCC(CC(=O)NCCCCCC(=O)O)c1ccccc1. The second-order valence-electron chi connectivity index (χ2n) is 5.27. The standard InChI is InChI=1S/C17H25NO3/c1-2-14(15-9-5-3-6-10-15)13-16(19)18-12-8-4-7-11-17(20)21/h3,5-6,9-10,14H,2,4,7-8,11-13H2,1H3,(H,18,19)(H,20,21). The number of carbonyl (C=O) groups excluding carboxylic acids is 1. The number of carboxylic acids is 1. The van der Waals surface area contributed by atoms with E-state index in [9.17, 15) is 9.59 Å². The van der Waals surface area contributed by atoms with Gasteiger partial charge < -0.3 is 10.4 Å². The van der Waals surface area contributed by atoms with Crippen LogP contribution in [0.1, 0.15) is 56.9 Å². The molecule has 0 radical (unpaired) electrons. The summed E-state index contributed by atoms with van der Waals surface area (Å²) in [5.74, 6) is -0.421. The molecule has 0 bridgehead atoms. The van der Waals surface area contributed by atoms with Crippen LogP contribution in [0.5, 0.6) is 0 Å². The zero-order chi connectivity index (χ0) is 15.5. The zero-order valence-corrected chi connectivity index (χ0v) is 12.7. The molecule has 4 nitrogen and oxygen atoms in total. The van der Waals surface area contributed by atoms with Crippen molar-refractivity contribution in [3.05, 3.63) is 35.9 Å². The highest BCUT2D eigenvalue weighted by atomic mass is 16.4. The van der Waals surface area contributed by atoms with Gasteiger partial charge in [0.1, 0.15) is 0 Å². The van der Waals surface area contributed by atoms with Crippen molar-refractivity contribution in [3.8, 4) is 0 Å². The summed E-state index contributed by atoms with van der Waals surface area (Å²) in [6.07, 6.45) is 4.00. The van der Waals surface area contributed by atoms with Crippen molar-refractivity contribution in [1.29, 1.82) is 0 Å². The predicted molar refractivity (Wildman–Crippen MR) is 83.2 cm³/mol. The van der Waals surface area contributed by atoms with Gasteiger partial charge in [-0.05, 0) is 30.7 Å². The fourth-order valence-corrected chi connectivity index (χ4v) is 2.32. The molecule has 1 rings (SSSR count). The summed E-state index contributed by atoms with van der Waals surface area (Å²) in [5, 5.41) is 11.4. The second kappa shape index (κ2) is 9.97. The number of benzene rings is 1. The summed E-state index contributed by atoms with van der Waals surface area (Å²) >= 11 is 0. The first-order valence-electron chi connectivity index (χ1n) is 7.67. The molecule has 0 spiro atoms. The van der Waals surface area contributed by atoms with Gasteiger partial charge in [-0.3, -0.25) is 9.59 Å². The lowest BCUT2D eigenvalue weighted by molar-refractivity contribution is -0.137. The Kier molecular flexibility index (Phi) is 8.17. The average molecular weight is 291 g/mol. The fraction of sp³-hybridized carbons (Fsp3) is 0.529. The Labute approximate surface area is 126 Å². The molecule has 0 aliphatic rings. The molecule has 0 saturated heterocycles. The average Bonchev–Trinajstić information content (AvgIpc) is 2.49. The van der Waals surface area contributed by atoms with E-state index < -0.39 is 5.97 Å². The minimum Gasteiger partial charge on any atom is -0.481 e. The van der Waals surface area contributed by atoms with Crippen molar-refractivity contribution >= 4 is 11.9 Å². The minimum atomic E-state index is -0.757. The molecule has 0 aliphatic heterocycles. The van der Waals surface area contributed by atoms with Crippen LogP contribution >= 0.6 is 0 Å². The maximum absolute atomic E-state index is 11.9. The van der Waals surface area contributed by atoms with Gasteiger partial charge in [0, 0.05) is 19.4 Å². The van der Waals surface area contributed by atoms with Gasteiger partial charge in [-0.25, -0.2) is 0 Å². The topological polar surface area (TPSA) is 66.4 Å². The number of carboxylic acid groups (broad SMARTS) is 1. The molecule has 116 valence electrons. The molecular formula is C17H25NO3. The van der Waals surface area contributed by atoms with Crippen LogP contribution in [-0.4, -0.2) is 23.5 Å². The van der Waals surface area contributed by atoms with E-state index in [-0.39, 0.29) is 18.2 Å². The molecule has 1 atom stereocenters. The van der Waals surface area contributed by atoms with Crippen molar-refractivity contribution in [3.63, 3.8) is 0 Å². The molecule has 1 aromatic rings. The van der Waals surface area contributed by atoms with Crippen molar-refractivity contribution < 1.29 is 14.7 Å². The van der Waals surface area contributed by atoms with E-state index in [0.29, 0.717) is 19.4 Å². The Morgan fingerprint density at radius 2 is 1.86 bits per heavy atom. The Morgan fingerprint density at radius 1 is 1.14 bits per heavy atom. The van der Waals surface area contributed by atoms with Gasteiger partial charge in [0.15, 0.2) is 0 Å². The van der Waals surface area contributed by atoms with Crippen LogP contribution in [0, 0.1) is 0 Å². The Bertz CT molecular complexity index is 431. The normalized spacial score (nSPS) is 11.9. The first-order chi connectivity index (χ1) is 10.1. The molecule has 1 amide bonds. The highest BCUT2D eigenvalue weighted by Crippen LogP contribution is 2.22. The van der Waals surface area contributed by atoms with Crippen molar-refractivity contribution in [2.24, 2.45) is 0 Å². The molecule has 21 heavy (non-hydrogen) atoms. The molecule has 0 heterocycles. The van der Waals surface area contributed by atoms with Crippen molar-refractivity contribution in [2.45, 2.75) is 51.4 Å². The molecule has 0 fully saturated rings. The predicted octanol–water partition coefficient (Wildman–Crippen LogP) is 3.33. The molecule has 0 aromatic heterocycles. The van der Waals surface area contributed by atoms with Gasteiger partial charge >= 0.3 is 5.97 Å². The number of carbonyl (C=O) groups is 2. The maximum atomic E-state index is 11.9. The Balaban J connectivity index is 2.21. The van der Waals surface area contributed by atoms with Crippen LogP contribution in [0.25, 0.3) is 0 Å². The minimum absolute atomic E-state index is 0.0731. The zero-order valence-electron chi connectivity index (χ0n) is 12.7. The lowest BCUT2D eigenvalue weighted by Gasteiger charge is -2.15. The number of amides is 1. The van der Waals surface area contributed by atoms with Gasteiger partial charge in [0.05, 0.1) is 0 Å². The quantitative estimate of drug-likeness (QED) is 0.650. The largest absolute Gasteiger partial charge is 0.481 e.